The van der Waals surface area contributed by atoms with Crippen molar-refractivity contribution in [3.8, 4) is 17.2 Å². The Bertz CT molecular complexity index is 1870. The number of nitrogens with zero attached hydrogens (tertiary/aromatic N) is 5. The Labute approximate surface area is 216 Å². The molecule has 0 atom stereocenters. The number of benzene rings is 3. The zero-order valence-electron chi connectivity index (χ0n) is 20.4. The van der Waals surface area contributed by atoms with Crippen LogP contribution in [0.5, 0.6) is 11.5 Å². The summed E-state index contributed by atoms with van der Waals surface area (Å²) in [4.78, 5) is 28.7. The Balaban J connectivity index is 1.73. The molecule has 0 aliphatic carbocycles. The predicted octanol–water partition coefficient (Wildman–Crippen LogP) is 5.31. The molecule has 0 N–H and O–H groups in total. The second-order valence-corrected chi connectivity index (χ2v) is 9.04. The first-order chi connectivity index (χ1) is 18.0. The number of para-hydroxylation sites is 2. The van der Waals surface area contributed by atoms with E-state index in [-0.39, 0.29) is 12.1 Å². The van der Waals surface area contributed by atoms with Crippen LogP contribution in [0, 0.1) is 6.92 Å². The fourth-order valence-corrected chi connectivity index (χ4v) is 4.78. The Morgan fingerprint density at radius 2 is 1.49 bits per heavy atom. The minimum atomic E-state index is -0.217. The molecule has 0 bridgehead atoms. The highest BCUT2D eigenvalue weighted by Gasteiger charge is 2.23. The number of hydrogen-bond donors (Lipinski definition) is 0. The first-order valence-corrected chi connectivity index (χ1v) is 12.0. The molecule has 3 aromatic carbocycles. The lowest BCUT2D eigenvalue weighted by Crippen LogP contribution is -2.24. The molecule has 0 spiro atoms. The van der Waals surface area contributed by atoms with Gasteiger partial charge in [-0.05, 0) is 30.7 Å². The van der Waals surface area contributed by atoms with E-state index < -0.39 is 0 Å². The lowest BCUT2D eigenvalue weighted by molar-refractivity contribution is 0.394. The molecule has 6 rings (SSSR count). The van der Waals surface area contributed by atoms with Crippen molar-refractivity contribution in [3.05, 3.63) is 93.5 Å². The van der Waals surface area contributed by atoms with Crippen LogP contribution >= 0.6 is 11.6 Å². The number of fused-ring (bicyclic) bond motifs is 4. The van der Waals surface area contributed by atoms with E-state index in [2.05, 4.69) is 0 Å². The van der Waals surface area contributed by atoms with E-state index in [1.165, 1.54) is 0 Å². The lowest BCUT2D eigenvalue weighted by atomic mass is 10.2. The molecule has 37 heavy (non-hydrogen) atoms. The van der Waals surface area contributed by atoms with Crippen LogP contribution < -0.4 is 15.0 Å². The maximum absolute atomic E-state index is 14.1. The molecule has 9 heteroatoms. The second-order valence-electron chi connectivity index (χ2n) is 8.63. The summed E-state index contributed by atoms with van der Waals surface area (Å²) in [6.45, 7) is 2.09. The van der Waals surface area contributed by atoms with Gasteiger partial charge >= 0.3 is 0 Å². The van der Waals surface area contributed by atoms with E-state index in [1.807, 2.05) is 72.2 Å². The van der Waals surface area contributed by atoms with Crippen molar-refractivity contribution in [2.45, 2.75) is 13.5 Å². The first-order valence-electron chi connectivity index (χ1n) is 11.6. The number of ether oxygens (including phenoxy) is 2. The van der Waals surface area contributed by atoms with Gasteiger partial charge in [0.25, 0.3) is 5.56 Å². The van der Waals surface area contributed by atoms with Gasteiger partial charge in [-0.25, -0.2) is 15.0 Å². The van der Waals surface area contributed by atoms with E-state index in [4.69, 9.17) is 36.0 Å². The van der Waals surface area contributed by atoms with E-state index >= 15 is 0 Å². The summed E-state index contributed by atoms with van der Waals surface area (Å²) in [6, 6.07) is 20.5. The van der Waals surface area contributed by atoms with Gasteiger partial charge in [0, 0.05) is 23.2 Å². The monoisotopic (exact) mass is 511 g/mol. The lowest BCUT2D eigenvalue weighted by Gasteiger charge is -2.13. The van der Waals surface area contributed by atoms with Crippen LogP contribution in [0.2, 0.25) is 5.02 Å². The number of methoxy groups -OCH3 is 2. The molecule has 8 nitrogen and oxygen atoms in total. The number of rotatable bonds is 5. The van der Waals surface area contributed by atoms with E-state index in [0.29, 0.717) is 61.3 Å². The highest BCUT2D eigenvalue weighted by atomic mass is 35.5. The van der Waals surface area contributed by atoms with E-state index in [9.17, 15) is 4.79 Å². The van der Waals surface area contributed by atoms with Gasteiger partial charge < -0.3 is 9.47 Å². The SMILES string of the molecule is COc1cc(OC)cc(-n2c3nc4ccccc4nc3c3c(=O)n(Cc4ccccc4Cl)c(C)nc32)c1. The normalized spacial score (nSPS) is 11.5. The van der Waals surface area contributed by atoms with Gasteiger partial charge in [-0.2, -0.15) is 0 Å². The second kappa shape index (κ2) is 8.90. The van der Waals surface area contributed by atoms with Crippen LogP contribution in [0.3, 0.4) is 0 Å². The average molecular weight is 512 g/mol. The molecule has 0 saturated carbocycles. The summed E-state index contributed by atoms with van der Waals surface area (Å²) in [5.74, 6) is 1.74. The smallest absolute Gasteiger partial charge is 0.265 e. The molecule has 0 fully saturated rings. The van der Waals surface area contributed by atoms with Crippen molar-refractivity contribution in [2.24, 2.45) is 0 Å². The maximum Gasteiger partial charge on any atom is 0.265 e. The predicted molar refractivity (Wildman–Crippen MR) is 144 cm³/mol. The minimum absolute atomic E-state index is 0.217. The summed E-state index contributed by atoms with van der Waals surface area (Å²) in [7, 11) is 3.18. The van der Waals surface area contributed by atoms with Gasteiger partial charge in [-0.3, -0.25) is 13.9 Å². The van der Waals surface area contributed by atoms with E-state index in [0.717, 1.165) is 5.56 Å². The van der Waals surface area contributed by atoms with Crippen molar-refractivity contribution in [3.63, 3.8) is 0 Å². The fourth-order valence-electron chi connectivity index (χ4n) is 4.58. The van der Waals surface area contributed by atoms with Crippen molar-refractivity contribution >= 4 is 44.8 Å². The fraction of sp³-hybridized carbons (Fsp3) is 0.143. The van der Waals surface area contributed by atoms with E-state index in [1.54, 1.807) is 24.9 Å². The van der Waals surface area contributed by atoms with Crippen LogP contribution in [0.4, 0.5) is 0 Å². The first kappa shape index (κ1) is 23.0. The Hall–Kier alpha value is -4.43. The third-order valence-corrected chi connectivity index (χ3v) is 6.80. The van der Waals surface area contributed by atoms with Crippen LogP contribution in [-0.2, 0) is 6.54 Å². The third-order valence-electron chi connectivity index (χ3n) is 6.43. The summed E-state index contributed by atoms with van der Waals surface area (Å²) >= 11 is 6.41. The van der Waals surface area contributed by atoms with Gasteiger partial charge in [0.2, 0.25) is 0 Å². The van der Waals surface area contributed by atoms with Gasteiger partial charge in [-0.1, -0.05) is 41.9 Å². The molecule has 0 saturated heterocycles. The topological polar surface area (TPSA) is 84.1 Å². The maximum atomic E-state index is 14.1. The largest absolute Gasteiger partial charge is 0.497 e. The molecule has 0 aliphatic rings. The Kier molecular flexibility index (Phi) is 5.53. The van der Waals surface area contributed by atoms with Gasteiger partial charge in [0.15, 0.2) is 11.3 Å². The van der Waals surface area contributed by atoms with Crippen molar-refractivity contribution in [2.75, 3.05) is 14.2 Å². The Morgan fingerprint density at radius 1 is 0.838 bits per heavy atom. The number of hydrogen-bond acceptors (Lipinski definition) is 6. The molecule has 6 aromatic rings. The molecule has 184 valence electrons. The zero-order valence-corrected chi connectivity index (χ0v) is 21.2. The highest BCUT2D eigenvalue weighted by Crippen LogP contribution is 2.32. The number of aromatic nitrogens is 5. The minimum Gasteiger partial charge on any atom is -0.497 e. The highest BCUT2D eigenvalue weighted by molar-refractivity contribution is 6.31. The summed E-state index contributed by atoms with van der Waals surface area (Å²) in [5, 5.41) is 0.971. The van der Waals surface area contributed by atoms with Crippen LogP contribution in [-0.4, -0.2) is 38.3 Å². The summed E-state index contributed by atoms with van der Waals surface area (Å²) in [5.41, 5.74) is 4.15. The summed E-state index contributed by atoms with van der Waals surface area (Å²) < 4.78 is 14.5. The number of halogens is 1. The Morgan fingerprint density at radius 3 is 2.16 bits per heavy atom. The molecular formula is C28H22ClN5O3. The average Bonchev–Trinajstić information content (AvgIpc) is 3.22. The molecule has 0 aliphatic heterocycles. The molecule has 0 radical (unpaired) electrons. The van der Waals surface area contributed by atoms with Gasteiger partial charge in [0.05, 0.1) is 37.5 Å². The zero-order chi connectivity index (χ0) is 25.7. The van der Waals surface area contributed by atoms with Crippen molar-refractivity contribution in [1.29, 1.82) is 0 Å². The quantitative estimate of drug-likeness (QED) is 0.312. The molecule has 0 unspecified atom stereocenters. The van der Waals surface area contributed by atoms with Crippen LogP contribution in [0.1, 0.15) is 11.4 Å². The van der Waals surface area contributed by atoms with Gasteiger partial charge in [0.1, 0.15) is 28.2 Å². The van der Waals surface area contributed by atoms with Crippen molar-refractivity contribution in [1.82, 2.24) is 24.1 Å². The van der Waals surface area contributed by atoms with Crippen molar-refractivity contribution < 1.29 is 9.47 Å². The third kappa shape index (κ3) is 3.77. The standard InChI is InChI=1S/C28H22ClN5O3/c1-16-30-26-24(28(35)33(16)15-17-8-4-5-9-21(17)29)25-27(32-23-11-7-6-10-22(23)31-25)34(26)18-12-19(36-2)14-20(13-18)37-3/h4-14H,15H2,1-3H3. The molecule has 0 amide bonds. The molecular weight excluding hydrogens is 490 g/mol. The number of aryl methyl sites for hydroxylation is 1. The van der Waals surface area contributed by atoms with Crippen LogP contribution in [0.25, 0.3) is 38.9 Å². The molecule has 3 aromatic heterocycles. The van der Waals surface area contributed by atoms with Gasteiger partial charge in [-0.15, -0.1) is 0 Å². The summed E-state index contributed by atoms with van der Waals surface area (Å²) in [6.07, 6.45) is 0. The van der Waals surface area contributed by atoms with Crippen LogP contribution in [0.15, 0.2) is 71.5 Å². The molecule has 3 heterocycles.